The Labute approximate surface area is 166 Å². The normalized spacial score (nSPS) is 10.7. The highest BCUT2D eigenvalue weighted by atomic mass is 35.5. The van der Waals surface area contributed by atoms with Crippen LogP contribution >= 0.6 is 35.0 Å². The topological polar surface area (TPSA) is 70.6 Å². The van der Waals surface area contributed by atoms with E-state index in [1.54, 1.807) is 42.5 Å². The Kier molecular flexibility index (Phi) is 7.97. The van der Waals surface area contributed by atoms with Gasteiger partial charge in [0.05, 0.1) is 12.0 Å². The number of halogens is 2. The van der Waals surface area contributed by atoms with Crippen LogP contribution < -0.4 is 10.7 Å². The van der Waals surface area contributed by atoms with Gasteiger partial charge < -0.3 is 5.32 Å². The minimum absolute atomic E-state index is 0.130. The van der Waals surface area contributed by atoms with Crippen LogP contribution in [0.4, 0.5) is 5.69 Å². The molecule has 8 heteroatoms. The molecule has 26 heavy (non-hydrogen) atoms. The molecular formula is C18H17Cl2N3O2S. The van der Waals surface area contributed by atoms with Gasteiger partial charge in [0, 0.05) is 28.4 Å². The van der Waals surface area contributed by atoms with Gasteiger partial charge in [-0.1, -0.05) is 41.4 Å². The molecule has 2 N–H and O–H groups in total. The first kappa shape index (κ1) is 20.3. The van der Waals surface area contributed by atoms with Crippen molar-refractivity contribution in [2.75, 3.05) is 11.1 Å². The number of rotatable bonds is 7. The molecule has 0 spiro atoms. The van der Waals surface area contributed by atoms with Crippen molar-refractivity contribution in [2.24, 2.45) is 5.10 Å². The third-order valence-corrected chi connectivity index (χ3v) is 4.84. The zero-order valence-electron chi connectivity index (χ0n) is 14.0. The summed E-state index contributed by atoms with van der Waals surface area (Å²) in [4.78, 5) is 22.8. The number of carbonyl (C=O) groups excluding carboxylic acids is 2. The SMILES string of the molecule is CC(=O)Nc1ccc(/C=N\NC(=O)CSCc2c(Cl)cccc2Cl)cc1. The second-order valence-electron chi connectivity index (χ2n) is 5.29. The largest absolute Gasteiger partial charge is 0.326 e. The Morgan fingerprint density at radius 2 is 1.77 bits per heavy atom. The number of thioether (sulfide) groups is 1. The molecule has 0 unspecified atom stereocenters. The van der Waals surface area contributed by atoms with Crippen molar-refractivity contribution in [3.63, 3.8) is 0 Å². The number of hydrazone groups is 1. The maximum absolute atomic E-state index is 11.8. The summed E-state index contributed by atoms with van der Waals surface area (Å²) in [6.45, 7) is 1.45. The zero-order valence-corrected chi connectivity index (χ0v) is 16.3. The second kappa shape index (κ2) is 10.2. The van der Waals surface area contributed by atoms with Crippen LogP contribution in [0.25, 0.3) is 0 Å². The maximum Gasteiger partial charge on any atom is 0.250 e. The van der Waals surface area contributed by atoms with E-state index in [2.05, 4.69) is 15.8 Å². The van der Waals surface area contributed by atoms with Gasteiger partial charge in [-0.2, -0.15) is 5.10 Å². The van der Waals surface area contributed by atoms with E-state index in [0.29, 0.717) is 21.5 Å². The first-order valence-corrected chi connectivity index (χ1v) is 9.57. The average Bonchev–Trinajstić information content (AvgIpc) is 2.58. The lowest BCUT2D eigenvalue weighted by Crippen LogP contribution is -2.19. The summed E-state index contributed by atoms with van der Waals surface area (Å²) in [7, 11) is 0. The molecule has 0 fully saturated rings. The van der Waals surface area contributed by atoms with Gasteiger partial charge in [0.25, 0.3) is 0 Å². The summed E-state index contributed by atoms with van der Waals surface area (Å²) in [5, 5.41) is 7.77. The minimum Gasteiger partial charge on any atom is -0.326 e. The molecule has 0 saturated carbocycles. The van der Waals surface area contributed by atoms with Gasteiger partial charge in [0.15, 0.2) is 0 Å². The van der Waals surface area contributed by atoms with Gasteiger partial charge in [-0.05, 0) is 35.4 Å². The van der Waals surface area contributed by atoms with Crippen LogP contribution in [0, 0.1) is 0 Å². The molecule has 0 aromatic heterocycles. The molecule has 2 aromatic carbocycles. The fraction of sp³-hybridized carbons (Fsp3) is 0.167. The summed E-state index contributed by atoms with van der Waals surface area (Å²) in [5.41, 5.74) is 4.79. The minimum atomic E-state index is -0.218. The molecule has 0 atom stereocenters. The molecule has 2 aromatic rings. The molecule has 0 aliphatic carbocycles. The summed E-state index contributed by atoms with van der Waals surface area (Å²) in [6, 6.07) is 12.4. The van der Waals surface area contributed by atoms with Crippen LogP contribution in [0.15, 0.2) is 47.6 Å². The van der Waals surface area contributed by atoms with Gasteiger partial charge in [-0.25, -0.2) is 5.43 Å². The summed E-state index contributed by atoms with van der Waals surface area (Å²) in [5.74, 6) is 0.430. The highest BCUT2D eigenvalue weighted by molar-refractivity contribution is 7.99. The van der Waals surface area contributed by atoms with Crippen LogP contribution in [-0.4, -0.2) is 23.8 Å². The van der Waals surface area contributed by atoms with E-state index in [-0.39, 0.29) is 17.6 Å². The van der Waals surface area contributed by atoms with Crippen molar-refractivity contribution in [1.29, 1.82) is 0 Å². The Hall–Kier alpha value is -2.02. The molecule has 0 aliphatic rings. The van der Waals surface area contributed by atoms with Crippen LogP contribution in [0.5, 0.6) is 0 Å². The quantitative estimate of drug-likeness (QED) is 0.527. The monoisotopic (exact) mass is 409 g/mol. The van der Waals surface area contributed by atoms with Crippen molar-refractivity contribution in [2.45, 2.75) is 12.7 Å². The smallest absolute Gasteiger partial charge is 0.250 e. The molecule has 2 rings (SSSR count). The lowest BCUT2D eigenvalue weighted by Gasteiger charge is -2.06. The van der Waals surface area contributed by atoms with Crippen molar-refractivity contribution >= 4 is 58.7 Å². The lowest BCUT2D eigenvalue weighted by atomic mass is 10.2. The van der Waals surface area contributed by atoms with E-state index in [9.17, 15) is 9.59 Å². The van der Waals surface area contributed by atoms with Gasteiger partial charge in [-0.15, -0.1) is 11.8 Å². The van der Waals surface area contributed by atoms with Gasteiger partial charge in [-0.3, -0.25) is 9.59 Å². The van der Waals surface area contributed by atoms with Crippen molar-refractivity contribution in [3.8, 4) is 0 Å². The molecule has 0 heterocycles. The predicted molar refractivity (Wildman–Crippen MR) is 109 cm³/mol. The highest BCUT2D eigenvalue weighted by Crippen LogP contribution is 2.28. The molecule has 5 nitrogen and oxygen atoms in total. The number of amides is 2. The highest BCUT2D eigenvalue weighted by Gasteiger charge is 2.07. The lowest BCUT2D eigenvalue weighted by molar-refractivity contribution is -0.118. The molecule has 0 aliphatic heterocycles. The number of hydrogen-bond donors (Lipinski definition) is 2. The van der Waals surface area contributed by atoms with E-state index in [1.807, 2.05) is 0 Å². The van der Waals surface area contributed by atoms with E-state index in [0.717, 1.165) is 11.1 Å². The zero-order chi connectivity index (χ0) is 18.9. The summed E-state index contributed by atoms with van der Waals surface area (Å²) >= 11 is 13.6. The summed E-state index contributed by atoms with van der Waals surface area (Å²) in [6.07, 6.45) is 1.53. The Balaban J connectivity index is 1.76. The van der Waals surface area contributed by atoms with E-state index < -0.39 is 0 Å². The van der Waals surface area contributed by atoms with Crippen molar-refractivity contribution < 1.29 is 9.59 Å². The second-order valence-corrected chi connectivity index (χ2v) is 7.09. The number of anilines is 1. The molecule has 0 radical (unpaired) electrons. The fourth-order valence-electron chi connectivity index (χ4n) is 1.98. The first-order valence-electron chi connectivity index (χ1n) is 7.66. The molecule has 0 saturated heterocycles. The third kappa shape index (κ3) is 6.71. The average molecular weight is 410 g/mol. The summed E-state index contributed by atoms with van der Waals surface area (Å²) < 4.78 is 0. The van der Waals surface area contributed by atoms with Crippen LogP contribution in [0.2, 0.25) is 10.0 Å². The Morgan fingerprint density at radius 3 is 2.38 bits per heavy atom. The van der Waals surface area contributed by atoms with Crippen LogP contribution in [0.3, 0.4) is 0 Å². The van der Waals surface area contributed by atoms with Crippen molar-refractivity contribution in [3.05, 3.63) is 63.6 Å². The Morgan fingerprint density at radius 1 is 1.12 bits per heavy atom. The molecule has 2 amide bonds. The van der Waals surface area contributed by atoms with Gasteiger partial charge in [0.1, 0.15) is 0 Å². The third-order valence-electron chi connectivity index (χ3n) is 3.18. The van der Waals surface area contributed by atoms with Crippen LogP contribution in [-0.2, 0) is 15.3 Å². The fourth-order valence-corrected chi connectivity index (χ4v) is 3.54. The van der Waals surface area contributed by atoms with E-state index in [1.165, 1.54) is 24.9 Å². The standard InChI is InChI=1S/C18H17Cl2N3O2S/c1-12(24)22-14-7-5-13(6-8-14)9-21-23-18(25)11-26-10-15-16(19)3-2-4-17(15)20/h2-9H,10-11H2,1H3,(H,22,24)(H,23,25)/b21-9-. The number of nitrogens with one attached hydrogen (secondary N) is 2. The first-order chi connectivity index (χ1) is 12.5. The predicted octanol–water partition coefficient (Wildman–Crippen LogP) is 4.34. The molecular weight excluding hydrogens is 393 g/mol. The van der Waals surface area contributed by atoms with Gasteiger partial charge in [0.2, 0.25) is 11.8 Å². The number of benzene rings is 2. The van der Waals surface area contributed by atoms with Crippen molar-refractivity contribution in [1.82, 2.24) is 5.43 Å². The van der Waals surface area contributed by atoms with E-state index >= 15 is 0 Å². The van der Waals surface area contributed by atoms with Crippen LogP contribution in [0.1, 0.15) is 18.1 Å². The van der Waals surface area contributed by atoms with Gasteiger partial charge >= 0.3 is 0 Å². The maximum atomic E-state index is 11.8. The molecule has 136 valence electrons. The number of hydrogen-bond acceptors (Lipinski definition) is 4. The molecule has 0 bridgehead atoms. The van der Waals surface area contributed by atoms with E-state index in [4.69, 9.17) is 23.2 Å². The Bertz CT molecular complexity index is 790. The number of carbonyl (C=O) groups is 2. The number of nitrogens with zero attached hydrogens (tertiary/aromatic N) is 1.